The largest absolute Gasteiger partial charge is 0.447 e. The third-order valence-electron chi connectivity index (χ3n) is 3.85. The summed E-state index contributed by atoms with van der Waals surface area (Å²) in [5.74, 6) is 0. The predicted octanol–water partition coefficient (Wildman–Crippen LogP) is 3.38. The minimum absolute atomic E-state index is 0.0789. The fourth-order valence-electron chi connectivity index (χ4n) is 2.78. The molecule has 1 saturated heterocycles. The van der Waals surface area contributed by atoms with Crippen molar-refractivity contribution in [2.75, 3.05) is 13.1 Å². The molecule has 0 atom stereocenters. The topological polar surface area (TPSA) is 60.2 Å². The van der Waals surface area contributed by atoms with Gasteiger partial charge in [-0.2, -0.15) is 5.10 Å². The first-order chi connectivity index (χ1) is 10.5. The average Bonchev–Trinajstić information content (AvgIpc) is 2.89. The molecule has 2 aromatic rings. The molecule has 1 fully saturated rings. The fourth-order valence-corrected chi connectivity index (χ4v) is 3.13. The zero-order valence-corrected chi connectivity index (χ0v) is 14.3. The van der Waals surface area contributed by atoms with Crippen molar-refractivity contribution in [2.45, 2.75) is 38.8 Å². The van der Waals surface area contributed by atoms with Crippen LogP contribution >= 0.6 is 15.9 Å². The van der Waals surface area contributed by atoms with E-state index in [1.165, 1.54) is 0 Å². The van der Waals surface area contributed by atoms with E-state index in [4.69, 9.17) is 4.74 Å². The Morgan fingerprint density at radius 2 is 2.09 bits per heavy atom. The van der Waals surface area contributed by atoms with Gasteiger partial charge in [0.15, 0.2) is 0 Å². The van der Waals surface area contributed by atoms with Crippen molar-refractivity contribution < 1.29 is 9.53 Å². The number of halogens is 1. The highest BCUT2D eigenvalue weighted by atomic mass is 79.9. The van der Waals surface area contributed by atoms with Crippen molar-refractivity contribution in [3.63, 3.8) is 0 Å². The molecule has 0 aliphatic carbocycles. The van der Waals surface area contributed by atoms with Crippen LogP contribution in [0.4, 0.5) is 4.79 Å². The molecule has 1 aliphatic rings. The van der Waals surface area contributed by atoms with Crippen molar-refractivity contribution in [1.82, 2.24) is 19.7 Å². The number of nitrogens with zero attached hydrogens (tertiary/aromatic N) is 4. The van der Waals surface area contributed by atoms with Gasteiger partial charge >= 0.3 is 6.09 Å². The third-order valence-corrected chi connectivity index (χ3v) is 4.29. The summed E-state index contributed by atoms with van der Waals surface area (Å²) in [5.41, 5.74) is 1.03. The van der Waals surface area contributed by atoms with E-state index in [2.05, 4.69) is 26.0 Å². The van der Waals surface area contributed by atoms with E-state index in [9.17, 15) is 4.79 Å². The maximum absolute atomic E-state index is 11.9. The van der Waals surface area contributed by atoms with Crippen molar-refractivity contribution in [3.8, 4) is 0 Å². The van der Waals surface area contributed by atoms with Gasteiger partial charge in [0, 0.05) is 18.5 Å². The summed E-state index contributed by atoms with van der Waals surface area (Å²) in [6.07, 6.45) is 5.15. The molecule has 7 heteroatoms. The van der Waals surface area contributed by atoms with E-state index < -0.39 is 0 Å². The van der Waals surface area contributed by atoms with E-state index in [1.807, 2.05) is 37.0 Å². The number of fused-ring (bicyclic) bond motifs is 1. The molecule has 1 aliphatic heterocycles. The molecule has 0 spiro atoms. The van der Waals surface area contributed by atoms with Crippen LogP contribution < -0.4 is 0 Å². The minimum atomic E-state index is -0.218. The summed E-state index contributed by atoms with van der Waals surface area (Å²) in [6.45, 7) is 5.13. The van der Waals surface area contributed by atoms with Gasteiger partial charge in [-0.25, -0.2) is 9.78 Å². The van der Waals surface area contributed by atoms with Crippen LogP contribution in [0.1, 0.15) is 32.7 Å². The lowest BCUT2D eigenvalue weighted by Crippen LogP contribution is -2.40. The van der Waals surface area contributed by atoms with Crippen LogP contribution in [0.5, 0.6) is 0 Å². The highest BCUT2D eigenvalue weighted by Crippen LogP contribution is 2.27. The molecule has 6 nitrogen and oxygen atoms in total. The summed E-state index contributed by atoms with van der Waals surface area (Å²) < 4.78 is 8.09. The quantitative estimate of drug-likeness (QED) is 0.764. The minimum Gasteiger partial charge on any atom is -0.447 e. The lowest BCUT2D eigenvalue weighted by molar-refractivity contribution is 0.0656. The molecule has 1 amide bonds. The number of carbonyl (C=O) groups is 1. The van der Waals surface area contributed by atoms with Gasteiger partial charge in [0.05, 0.1) is 30.1 Å². The van der Waals surface area contributed by atoms with Crippen LogP contribution in [0.3, 0.4) is 0 Å². The molecule has 0 N–H and O–H groups in total. The maximum atomic E-state index is 11.9. The summed E-state index contributed by atoms with van der Waals surface area (Å²) in [7, 11) is 0. The molecule has 3 rings (SSSR count). The summed E-state index contributed by atoms with van der Waals surface area (Å²) in [4.78, 5) is 18.0. The Labute approximate surface area is 137 Å². The second kappa shape index (κ2) is 6.24. The second-order valence-corrected chi connectivity index (χ2v) is 6.62. The van der Waals surface area contributed by atoms with Crippen LogP contribution in [0, 0.1) is 0 Å². The number of piperidine rings is 1. The number of pyridine rings is 1. The maximum Gasteiger partial charge on any atom is 0.410 e. The van der Waals surface area contributed by atoms with Gasteiger partial charge in [-0.15, -0.1) is 0 Å². The smallest absolute Gasteiger partial charge is 0.410 e. The number of rotatable bonds is 2. The highest BCUT2D eigenvalue weighted by Gasteiger charge is 2.26. The van der Waals surface area contributed by atoms with E-state index >= 15 is 0 Å². The van der Waals surface area contributed by atoms with E-state index in [-0.39, 0.29) is 12.2 Å². The molecule has 0 bridgehead atoms. The lowest BCUT2D eigenvalue weighted by Gasteiger charge is -2.32. The van der Waals surface area contributed by atoms with Crippen LogP contribution in [0.2, 0.25) is 0 Å². The van der Waals surface area contributed by atoms with Gasteiger partial charge in [0.2, 0.25) is 0 Å². The van der Waals surface area contributed by atoms with Crippen LogP contribution in [0.15, 0.2) is 23.1 Å². The Hall–Kier alpha value is -1.63. The number of ether oxygens (including phenoxy) is 1. The molecule has 118 valence electrons. The normalized spacial score (nSPS) is 16.5. The van der Waals surface area contributed by atoms with E-state index in [0.717, 1.165) is 28.3 Å². The first-order valence-corrected chi connectivity index (χ1v) is 8.28. The molecule has 0 saturated carbocycles. The van der Waals surface area contributed by atoms with Gasteiger partial charge in [0.1, 0.15) is 4.60 Å². The number of amides is 1. The number of carbonyl (C=O) groups excluding carboxylic acids is 1. The van der Waals surface area contributed by atoms with Gasteiger partial charge in [0.25, 0.3) is 0 Å². The molecule has 0 aromatic carbocycles. The van der Waals surface area contributed by atoms with Gasteiger partial charge in [-0.1, -0.05) is 0 Å². The van der Waals surface area contributed by atoms with Crippen LogP contribution in [0.25, 0.3) is 10.9 Å². The van der Waals surface area contributed by atoms with E-state index in [0.29, 0.717) is 19.1 Å². The Morgan fingerprint density at radius 3 is 2.77 bits per heavy atom. The zero-order chi connectivity index (χ0) is 15.7. The molecule has 0 radical (unpaired) electrons. The Balaban J connectivity index is 1.69. The van der Waals surface area contributed by atoms with Crippen molar-refractivity contribution >= 4 is 32.9 Å². The van der Waals surface area contributed by atoms with Gasteiger partial charge in [-0.3, -0.25) is 4.68 Å². The summed E-state index contributed by atoms with van der Waals surface area (Å²) in [6, 6.07) is 2.26. The van der Waals surface area contributed by atoms with Gasteiger partial charge in [-0.05, 0) is 48.7 Å². The Morgan fingerprint density at radius 1 is 1.36 bits per heavy atom. The number of hydrogen-bond donors (Lipinski definition) is 0. The lowest BCUT2D eigenvalue weighted by atomic mass is 10.1. The standard InChI is InChI=1S/C15H19BrN4O2/c1-10(2)22-15(21)19-5-3-12(4-6-19)20-13-9-17-14(16)7-11(13)8-18-20/h7-10,12H,3-6H2,1-2H3. The SMILES string of the molecule is CC(C)OC(=O)N1CCC(n2ncc3cc(Br)ncc32)CC1. The number of likely N-dealkylation sites (tertiary alicyclic amines) is 1. The average molecular weight is 367 g/mol. The Bertz CT molecular complexity index is 677. The number of aromatic nitrogens is 3. The monoisotopic (exact) mass is 366 g/mol. The van der Waals surface area contributed by atoms with E-state index in [1.54, 1.807) is 4.90 Å². The van der Waals surface area contributed by atoms with Crippen molar-refractivity contribution in [3.05, 3.63) is 23.1 Å². The Kier molecular flexibility index (Phi) is 4.33. The predicted molar refractivity (Wildman–Crippen MR) is 86.7 cm³/mol. The first-order valence-electron chi connectivity index (χ1n) is 7.49. The van der Waals surface area contributed by atoms with Crippen LogP contribution in [-0.2, 0) is 4.74 Å². The van der Waals surface area contributed by atoms with Crippen molar-refractivity contribution in [2.24, 2.45) is 0 Å². The zero-order valence-electron chi connectivity index (χ0n) is 12.7. The summed E-state index contributed by atoms with van der Waals surface area (Å²) in [5, 5.41) is 5.57. The summed E-state index contributed by atoms with van der Waals surface area (Å²) >= 11 is 3.37. The fraction of sp³-hybridized carbons (Fsp3) is 0.533. The molecule has 3 heterocycles. The van der Waals surface area contributed by atoms with Gasteiger partial charge < -0.3 is 9.64 Å². The molecular formula is C15H19BrN4O2. The first kappa shape index (κ1) is 15.3. The molecular weight excluding hydrogens is 348 g/mol. The second-order valence-electron chi connectivity index (χ2n) is 5.81. The highest BCUT2D eigenvalue weighted by molar-refractivity contribution is 9.10. The van der Waals surface area contributed by atoms with Crippen LogP contribution in [-0.4, -0.2) is 45.0 Å². The molecule has 2 aromatic heterocycles. The molecule has 22 heavy (non-hydrogen) atoms. The number of hydrogen-bond acceptors (Lipinski definition) is 4. The van der Waals surface area contributed by atoms with Crippen molar-refractivity contribution in [1.29, 1.82) is 0 Å². The third kappa shape index (κ3) is 3.09. The molecule has 0 unspecified atom stereocenters.